The van der Waals surface area contributed by atoms with E-state index < -0.39 is 9.84 Å². The van der Waals surface area contributed by atoms with Crippen molar-refractivity contribution in [2.75, 3.05) is 11.6 Å². The molecule has 2 aromatic carbocycles. The van der Waals surface area contributed by atoms with Crippen molar-refractivity contribution >= 4 is 26.6 Å². The lowest BCUT2D eigenvalue weighted by molar-refractivity contribution is 0.602. The number of hydrogen-bond acceptors (Lipinski definition) is 5. The number of rotatable bonds is 4. The van der Waals surface area contributed by atoms with Gasteiger partial charge in [-0.05, 0) is 67.5 Å². The fourth-order valence-corrected chi connectivity index (χ4v) is 4.34. The molecule has 6 heteroatoms. The number of anilines is 1. The van der Waals surface area contributed by atoms with Gasteiger partial charge in [0.1, 0.15) is 12.1 Å². The lowest BCUT2D eigenvalue weighted by atomic mass is 9.89. The van der Waals surface area contributed by atoms with Gasteiger partial charge in [-0.3, -0.25) is 0 Å². The fourth-order valence-electron chi connectivity index (χ4n) is 3.69. The molecule has 5 nitrogen and oxygen atoms in total. The molecular weight excluding hydrogens is 358 g/mol. The lowest BCUT2D eigenvalue weighted by Gasteiger charge is -2.21. The highest BCUT2D eigenvalue weighted by molar-refractivity contribution is 7.90. The minimum Gasteiger partial charge on any atom is -0.363 e. The summed E-state index contributed by atoms with van der Waals surface area (Å²) < 4.78 is 23.8. The van der Waals surface area contributed by atoms with E-state index in [1.807, 2.05) is 0 Å². The smallest absolute Gasteiger partial charge is 0.175 e. The highest BCUT2D eigenvalue weighted by Crippen LogP contribution is 2.29. The molecular formula is C21H23N3O2S. The minimum atomic E-state index is -3.29. The maximum absolute atomic E-state index is 11.9. The van der Waals surface area contributed by atoms with Crippen LogP contribution in [0.4, 0.5) is 5.82 Å². The van der Waals surface area contributed by atoms with Crippen molar-refractivity contribution in [3.63, 3.8) is 0 Å². The number of sulfone groups is 1. The van der Waals surface area contributed by atoms with E-state index in [4.69, 9.17) is 0 Å². The summed E-state index contributed by atoms with van der Waals surface area (Å²) in [6.45, 7) is 2.10. The zero-order valence-corrected chi connectivity index (χ0v) is 16.4. The van der Waals surface area contributed by atoms with E-state index in [1.165, 1.54) is 48.5 Å². The van der Waals surface area contributed by atoms with E-state index in [0.717, 1.165) is 11.9 Å². The summed E-state index contributed by atoms with van der Waals surface area (Å²) in [4.78, 5) is 8.90. The van der Waals surface area contributed by atoms with E-state index in [0.29, 0.717) is 11.2 Å². The molecule has 0 radical (unpaired) electrons. The Kier molecular flexibility index (Phi) is 4.60. The molecule has 140 valence electrons. The molecule has 0 aliphatic heterocycles. The quantitative estimate of drug-likeness (QED) is 0.737. The maximum atomic E-state index is 11.9. The predicted octanol–water partition coefficient (Wildman–Crippen LogP) is 4.09. The standard InChI is InChI=1S/C21H23N3O2S/c1-14(16-8-7-15-5-3-4-6-17(15)11-16)24-21-19-12-18(27(2,25)26)9-10-20(19)22-13-23-21/h7-14H,3-6H2,1-2H3,(H,22,23,24)/t14-/m1/s1. The summed E-state index contributed by atoms with van der Waals surface area (Å²) in [7, 11) is -3.29. The Morgan fingerprint density at radius 3 is 2.56 bits per heavy atom. The van der Waals surface area contributed by atoms with Crippen LogP contribution in [0.1, 0.15) is 42.5 Å². The van der Waals surface area contributed by atoms with Crippen molar-refractivity contribution < 1.29 is 8.42 Å². The summed E-state index contributed by atoms with van der Waals surface area (Å²) in [6, 6.07) is 11.7. The summed E-state index contributed by atoms with van der Waals surface area (Å²) >= 11 is 0. The van der Waals surface area contributed by atoms with Crippen molar-refractivity contribution in [3.8, 4) is 0 Å². The van der Waals surface area contributed by atoms with Crippen LogP contribution >= 0.6 is 0 Å². The average molecular weight is 382 g/mol. The van der Waals surface area contributed by atoms with Gasteiger partial charge in [0.05, 0.1) is 10.4 Å². The fraction of sp³-hybridized carbons (Fsp3) is 0.333. The van der Waals surface area contributed by atoms with Crippen LogP contribution in [0.15, 0.2) is 47.6 Å². The van der Waals surface area contributed by atoms with E-state index in [9.17, 15) is 8.42 Å². The number of aryl methyl sites for hydroxylation is 2. The first-order valence-corrected chi connectivity index (χ1v) is 11.1. The molecule has 0 bridgehead atoms. The van der Waals surface area contributed by atoms with Crippen molar-refractivity contribution in [1.29, 1.82) is 0 Å². The van der Waals surface area contributed by atoms with Gasteiger partial charge in [0.25, 0.3) is 0 Å². The van der Waals surface area contributed by atoms with Gasteiger partial charge in [-0.15, -0.1) is 0 Å². The highest BCUT2D eigenvalue weighted by atomic mass is 32.2. The molecule has 1 aliphatic rings. The Bertz CT molecular complexity index is 1110. The first-order valence-electron chi connectivity index (χ1n) is 9.25. The van der Waals surface area contributed by atoms with Gasteiger partial charge < -0.3 is 5.32 Å². The van der Waals surface area contributed by atoms with Gasteiger partial charge in [0, 0.05) is 17.7 Å². The van der Waals surface area contributed by atoms with Crippen LogP contribution in [-0.4, -0.2) is 24.6 Å². The molecule has 1 aliphatic carbocycles. The Hall–Kier alpha value is -2.47. The van der Waals surface area contributed by atoms with Gasteiger partial charge in [-0.2, -0.15) is 0 Å². The zero-order chi connectivity index (χ0) is 19.0. The number of aromatic nitrogens is 2. The molecule has 4 rings (SSSR count). The molecule has 27 heavy (non-hydrogen) atoms. The molecule has 1 heterocycles. The Balaban J connectivity index is 1.68. The molecule has 3 aromatic rings. The summed E-state index contributed by atoms with van der Waals surface area (Å²) in [5.41, 5.74) is 4.83. The van der Waals surface area contributed by atoms with Gasteiger partial charge >= 0.3 is 0 Å². The van der Waals surface area contributed by atoms with Crippen LogP contribution in [0.5, 0.6) is 0 Å². The summed E-state index contributed by atoms with van der Waals surface area (Å²) in [5.74, 6) is 0.649. The second-order valence-electron chi connectivity index (χ2n) is 7.27. The monoisotopic (exact) mass is 381 g/mol. The molecule has 1 atom stereocenters. The predicted molar refractivity (Wildman–Crippen MR) is 108 cm³/mol. The lowest BCUT2D eigenvalue weighted by Crippen LogP contribution is -2.11. The normalized spacial score (nSPS) is 15.3. The van der Waals surface area contributed by atoms with Crippen LogP contribution in [0.25, 0.3) is 10.9 Å². The van der Waals surface area contributed by atoms with Crippen LogP contribution < -0.4 is 5.32 Å². The number of benzene rings is 2. The van der Waals surface area contributed by atoms with Crippen LogP contribution in [-0.2, 0) is 22.7 Å². The van der Waals surface area contributed by atoms with Crippen LogP contribution in [0.3, 0.4) is 0 Å². The number of hydrogen-bond donors (Lipinski definition) is 1. The third-order valence-electron chi connectivity index (χ3n) is 5.26. The van der Waals surface area contributed by atoms with Gasteiger partial charge in [0.2, 0.25) is 0 Å². The van der Waals surface area contributed by atoms with E-state index in [-0.39, 0.29) is 10.9 Å². The molecule has 0 fully saturated rings. The zero-order valence-electron chi connectivity index (χ0n) is 15.6. The number of nitrogens with zero attached hydrogens (tertiary/aromatic N) is 2. The van der Waals surface area contributed by atoms with Gasteiger partial charge in [-0.1, -0.05) is 18.2 Å². The maximum Gasteiger partial charge on any atom is 0.175 e. The average Bonchev–Trinajstić information content (AvgIpc) is 2.66. The van der Waals surface area contributed by atoms with Gasteiger partial charge in [-0.25, -0.2) is 18.4 Å². The molecule has 0 unspecified atom stereocenters. The summed E-state index contributed by atoms with van der Waals surface area (Å²) in [5, 5.41) is 4.15. The van der Waals surface area contributed by atoms with Crippen molar-refractivity contribution in [1.82, 2.24) is 9.97 Å². The molecule has 1 aromatic heterocycles. The van der Waals surface area contributed by atoms with Crippen molar-refractivity contribution in [2.45, 2.75) is 43.5 Å². The first-order chi connectivity index (χ1) is 12.9. The number of nitrogens with one attached hydrogen (secondary N) is 1. The third-order valence-corrected chi connectivity index (χ3v) is 6.37. The van der Waals surface area contributed by atoms with E-state index in [1.54, 1.807) is 18.2 Å². The third kappa shape index (κ3) is 3.67. The molecule has 0 saturated heterocycles. The Morgan fingerprint density at radius 1 is 1.00 bits per heavy atom. The second kappa shape index (κ2) is 6.93. The molecule has 0 saturated carbocycles. The summed E-state index contributed by atoms with van der Waals surface area (Å²) in [6.07, 6.45) is 7.55. The van der Waals surface area contributed by atoms with Crippen LogP contribution in [0, 0.1) is 0 Å². The van der Waals surface area contributed by atoms with E-state index >= 15 is 0 Å². The molecule has 1 N–H and O–H groups in total. The number of fused-ring (bicyclic) bond motifs is 2. The van der Waals surface area contributed by atoms with Crippen molar-refractivity contribution in [3.05, 3.63) is 59.4 Å². The van der Waals surface area contributed by atoms with E-state index in [2.05, 4.69) is 40.4 Å². The minimum absolute atomic E-state index is 0.0530. The van der Waals surface area contributed by atoms with Gasteiger partial charge in [0.15, 0.2) is 9.84 Å². The Labute approximate surface area is 159 Å². The second-order valence-corrected chi connectivity index (χ2v) is 9.29. The highest BCUT2D eigenvalue weighted by Gasteiger charge is 2.15. The topological polar surface area (TPSA) is 72.0 Å². The van der Waals surface area contributed by atoms with Crippen molar-refractivity contribution in [2.24, 2.45) is 0 Å². The SMILES string of the molecule is C[C@@H](Nc1ncnc2ccc(S(C)(=O)=O)cc12)c1ccc2c(c1)CCCC2. The Morgan fingerprint density at radius 2 is 1.78 bits per heavy atom. The molecule has 0 spiro atoms. The molecule has 0 amide bonds. The van der Waals surface area contributed by atoms with Crippen LogP contribution in [0.2, 0.25) is 0 Å². The largest absolute Gasteiger partial charge is 0.363 e. The first kappa shape index (κ1) is 17.9.